The van der Waals surface area contributed by atoms with Crippen molar-refractivity contribution in [3.05, 3.63) is 11.8 Å². The van der Waals surface area contributed by atoms with Crippen molar-refractivity contribution in [2.45, 2.75) is 13.8 Å². The van der Waals surface area contributed by atoms with E-state index in [0.29, 0.717) is 24.5 Å². The van der Waals surface area contributed by atoms with Crippen LogP contribution in [0.5, 0.6) is 0 Å². The fraction of sp³-hybridized carbons (Fsp3) is 0.444. The Balaban J connectivity index is 2.76. The van der Waals surface area contributed by atoms with Gasteiger partial charge in [0.15, 0.2) is 0 Å². The molecule has 7 nitrogen and oxygen atoms in total. The normalized spacial score (nSPS) is 9.88. The molecule has 0 atom stereocenters. The molecule has 0 radical (unpaired) electrons. The van der Waals surface area contributed by atoms with Crippen LogP contribution in [0.4, 0.5) is 10.6 Å². The molecule has 1 heterocycles. The van der Waals surface area contributed by atoms with Crippen LogP contribution in [-0.4, -0.2) is 40.1 Å². The first-order chi connectivity index (χ1) is 7.60. The molecule has 16 heavy (non-hydrogen) atoms. The number of nitrogen functional groups attached to an aromatic ring is 1. The molecule has 0 saturated carbocycles. The summed E-state index contributed by atoms with van der Waals surface area (Å²) < 4.78 is 0. The molecule has 0 spiro atoms. The molecule has 5 N–H and O–H groups in total. The number of nitrogens with zero attached hydrogens (tertiary/aromatic N) is 2. The number of amidine groups is 1. The van der Waals surface area contributed by atoms with Gasteiger partial charge in [0, 0.05) is 13.1 Å². The van der Waals surface area contributed by atoms with E-state index in [-0.39, 0.29) is 11.9 Å². The molecule has 0 fully saturated rings. The third-order valence-electron chi connectivity index (χ3n) is 2.21. The molecule has 1 aromatic rings. The van der Waals surface area contributed by atoms with E-state index in [1.165, 1.54) is 6.20 Å². The van der Waals surface area contributed by atoms with Crippen molar-refractivity contribution < 1.29 is 4.79 Å². The van der Waals surface area contributed by atoms with Crippen molar-refractivity contribution >= 4 is 17.7 Å². The van der Waals surface area contributed by atoms with Gasteiger partial charge in [-0.25, -0.2) is 4.79 Å². The van der Waals surface area contributed by atoms with E-state index in [9.17, 15) is 4.79 Å². The van der Waals surface area contributed by atoms with Gasteiger partial charge in [0.25, 0.3) is 0 Å². The minimum atomic E-state index is -0.239. The maximum Gasteiger partial charge on any atom is 0.322 e. The van der Waals surface area contributed by atoms with Gasteiger partial charge < -0.3 is 10.6 Å². The highest BCUT2D eigenvalue weighted by atomic mass is 16.2. The van der Waals surface area contributed by atoms with Crippen LogP contribution in [0, 0.1) is 5.41 Å². The number of anilines is 1. The maximum absolute atomic E-state index is 11.7. The SMILES string of the molecule is CCN(CC)C(=O)Nc1[nH]ncc1C(=N)N. The monoisotopic (exact) mass is 224 g/mol. The number of amides is 2. The third kappa shape index (κ3) is 2.50. The van der Waals surface area contributed by atoms with E-state index in [4.69, 9.17) is 11.1 Å². The van der Waals surface area contributed by atoms with Crippen LogP contribution in [0.2, 0.25) is 0 Å². The molecule has 88 valence electrons. The second-order valence-corrected chi connectivity index (χ2v) is 3.17. The highest BCUT2D eigenvalue weighted by Crippen LogP contribution is 2.10. The van der Waals surface area contributed by atoms with Crippen LogP contribution >= 0.6 is 0 Å². The van der Waals surface area contributed by atoms with Gasteiger partial charge in [-0.05, 0) is 13.8 Å². The number of H-pyrrole nitrogens is 1. The lowest BCUT2D eigenvalue weighted by molar-refractivity contribution is 0.217. The Hall–Kier alpha value is -2.05. The van der Waals surface area contributed by atoms with Gasteiger partial charge in [0.1, 0.15) is 11.7 Å². The summed E-state index contributed by atoms with van der Waals surface area (Å²) in [4.78, 5) is 13.3. The van der Waals surface area contributed by atoms with E-state index >= 15 is 0 Å². The zero-order valence-electron chi connectivity index (χ0n) is 9.37. The number of urea groups is 1. The van der Waals surface area contributed by atoms with E-state index in [1.807, 2.05) is 13.8 Å². The Morgan fingerprint density at radius 3 is 2.75 bits per heavy atom. The summed E-state index contributed by atoms with van der Waals surface area (Å²) >= 11 is 0. The molecule has 0 unspecified atom stereocenters. The quantitative estimate of drug-likeness (QED) is 0.443. The number of hydrogen-bond donors (Lipinski definition) is 4. The van der Waals surface area contributed by atoms with Crippen molar-refractivity contribution in [3.8, 4) is 0 Å². The predicted octanol–water partition coefficient (Wildman–Crippen LogP) is 0.567. The first-order valence-electron chi connectivity index (χ1n) is 5.03. The Morgan fingerprint density at radius 1 is 1.62 bits per heavy atom. The second-order valence-electron chi connectivity index (χ2n) is 3.17. The molecule has 0 aliphatic rings. The average Bonchev–Trinajstić information content (AvgIpc) is 2.67. The highest BCUT2D eigenvalue weighted by molar-refractivity contribution is 6.02. The molecule has 0 aliphatic heterocycles. The Kier molecular flexibility index (Phi) is 3.87. The molecule has 1 rings (SSSR count). The van der Waals surface area contributed by atoms with Crippen LogP contribution < -0.4 is 11.1 Å². The lowest BCUT2D eigenvalue weighted by Crippen LogP contribution is -2.35. The lowest BCUT2D eigenvalue weighted by atomic mass is 10.3. The van der Waals surface area contributed by atoms with Crippen molar-refractivity contribution in [1.29, 1.82) is 5.41 Å². The minimum absolute atomic E-state index is 0.136. The second kappa shape index (κ2) is 5.15. The predicted molar refractivity (Wildman–Crippen MR) is 61.5 cm³/mol. The molecular weight excluding hydrogens is 208 g/mol. The molecule has 1 aromatic heterocycles. The number of carbonyl (C=O) groups excluding carboxylic acids is 1. The molecular formula is C9H16N6O. The van der Waals surface area contributed by atoms with Crippen LogP contribution in [0.15, 0.2) is 6.20 Å². The summed E-state index contributed by atoms with van der Waals surface area (Å²) in [7, 11) is 0. The van der Waals surface area contributed by atoms with Crippen molar-refractivity contribution in [3.63, 3.8) is 0 Å². The van der Waals surface area contributed by atoms with Crippen molar-refractivity contribution in [2.24, 2.45) is 5.73 Å². The maximum atomic E-state index is 11.7. The van der Waals surface area contributed by atoms with E-state index in [1.54, 1.807) is 4.90 Å². The summed E-state index contributed by atoms with van der Waals surface area (Å²) in [6.45, 7) is 5.02. The molecule has 7 heteroatoms. The fourth-order valence-electron chi connectivity index (χ4n) is 1.28. The molecule has 0 saturated heterocycles. The molecule has 0 aliphatic carbocycles. The third-order valence-corrected chi connectivity index (χ3v) is 2.21. The molecule has 2 amide bonds. The fourth-order valence-corrected chi connectivity index (χ4v) is 1.28. The van der Waals surface area contributed by atoms with E-state index in [0.717, 1.165) is 0 Å². The zero-order valence-corrected chi connectivity index (χ0v) is 9.37. The largest absolute Gasteiger partial charge is 0.384 e. The van der Waals surface area contributed by atoms with E-state index in [2.05, 4.69) is 15.5 Å². The summed E-state index contributed by atoms with van der Waals surface area (Å²) in [5.41, 5.74) is 5.72. The summed E-state index contributed by atoms with van der Waals surface area (Å²) in [6.07, 6.45) is 1.40. The Bertz CT molecular complexity index is 381. The minimum Gasteiger partial charge on any atom is -0.384 e. The smallest absolute Gasteiger partial charge is 0.322 e. The zero-order chi connectivity index (χ0) is 12.1. The number of nitrogens with one attached hydrogen (secondary N) is 3. The van der Waals surface area contributed by atoms with Gasteiger partial charge >= 0.3 is 6.03 Å². The van der Waals surface area contributed by atoms with Crippen LogP contribution in [0.1, 0.15) is 19.4 Å². The van der Waals surface area contributed by atoms with Crippen LogP contribution in [0.25, 0.3) is 0 Å². The van der Waals surface area contributed by atoms with Crippen LogP contribution in [0.3, 0.4) is 0 Å². The van der Waals surface area contributed by atoms with E-state index < -0.39 is 0 Å². The summed E-state index contributed by atoms with van der Waals surface area (Å²) in [5, 5.41) is 16.2. The number of hydrogen-bond acceptors (Lipinski definition) is 3. The summed E-state index contributed by atoms with van der Waals surface area (Å²) in [6, 6.07) is -0.239. The van der Waals surface area contributed by atoms with Crippen molar-refractivity contribution in [1.82, 2.24) is 15.1 Å². The Morgan fingerprint density at radius 2 is 2.25 bits per heavy atom. The van der Waals surface area contributed by atoms with Gasteiger partial charge in [-0.3, -0.25) is 15.8 Å². The number of rotatable bonds is 4. The number of carbonyl (C=O) groups is 1. The van der Waals surface area contributed by atoms with Gasteiger partial charge in [-0.2, -0.15) is 5.10 Å². The standard InChI is InChI=1S/C9H16N6O/c1-3-15(4-2)9(16)13-8-6(7(10)11)5-12-14-8/h5H,3-4H2,1-2H3,(H3,10,11)(H2,12,13,14,16). The van der Waals surface area contributed by atoms with Gasteiger partial charge in [0.2, 0.25) is 0 Å². The highest BCUT2D eigenvalue weighted by Gasteiger charge is 2.14. The van der Waals surface area contributed by atoms with Gasteiger partial charge in [-0.15, -0.1) is 0 Å². The molecule has 0 bridgehead atoms. The topological polar surface area (TPSA) is 111 Å². The van der Waals surface area contributed by atoms with Crippen molar-refractivity contribution in [2.75, 3.05) is 18.4 Å². The van der Waals surface area contributed by atoms with Gasteiger partial charge in [0.05, 0.1) is 11.8 Å². The molecule has 0 aromatic carbocycles. The lowest BCUT2D eigenvalue weighted by Gasteiger charge is -2.18. The number of aromatic amines is 1. The first kappa shape index (κ1) is 12.0. The van der Waals surface area contributed by atoms with Crippen LogP contribution in [-0.2, 0) is 0 Å². The first-order valence-corrected chi connectivity index (χ1v) is 5.03. The number of aromatic nitrogens is 2. The summed E-state index contributed by atoms with van der Waals surface area (Å²) in [5.74, 6) is 0.216. The number of nitrogens with two attached hydrogens (primary N) is 1. The van der Waals surface area contributed by atoms with Gasteiger partial charge in [-0.1, -0.05) is 0 Å². The Labute approximate surface area is 93.5 Å². The average molecular weight is 224 g/mol.